The number of nitrogens with one attached hydrogen (secondary N) is 1. The lowest BCUT2D eigenvalue weighted by molar-refractivity contribution is -0.117. The Bertz CT molecular complexity index is 486. The summed E-state index contributed by atoms with van der Waals surface area (Å²) in [5.74, 6) is 3.05. The number of rotatable bonds is 4. The van der Waals surface area contributed by atoms with Crippen LogP contribution >= 0.6 is 0 Å². The third kappa shape index (κ3) is 3.72. The highest BCUT2D eigenvalue weighted by Crippen LogP contribution is 2.18. The lowest BCUT2D eigenvalue weighted by atomic mass is 10.1. The topological polar surface area (TPSA) is 71.2 Å². The smallest absolute Gasteiger partial charge is 0.242 e. The zero-order valence-corrected chi connectivity index (χ0v) is 11.5. The molecule has 20 heavy (non-hydrogen) atoms. The van der Waals surface area contributed by atoms with Gasteiger partial charge in [0, 0.05) is 19.5 Å². The summed E-state index contributed by atoms with van der Waals surface area (Å²) in [6.07, 6.45) is 10.7. The number of piperidine rings is 1. The van der Waals surface area contributed by atoms with Gasteiger partial charge < -0.3 is 16.0 Å². The Kier molecular flexibility index (Phi) is 4.97. The maximum atomic E-state index is 11.7. The van der Waals surface area contributed by atoms with Gasteiger partial charge >= 0.3 is 0 Å². The van der Waals surface area contributed by atoms with Gasteiger partial charge in [-0.3, -0.25) is 4.79 Å². The van der Waals surface area contributed by atoms with E-state index in [1.165, 1.54) is 19.3 Å². The number of nitrogens with two attached hydrogens (primary N) is 1. The Morgan fingerprint density at radius 3 is 2.80 bits per heavy atom. The van der Waals surface area contributed by atoms with Gasteiger partial charge in [-0.2, -0.15) is 0 Å². The summed E-state index contributed by atoms with van der Waals surface area (Å²) in [5.41, 5.74) is 6.28. The van der Waals surface area contributed by atoms with Crippen LogP contribution in [0.1, 0.15) is 25.7 Å². The fourth-order valence-corrected chi connectivity index (χ4v) is 2.22. The van der Waals surface area contributed by atoms with Gasteiger partial charge in [-0.1, -0.05) is 0 Å². The summed E-state index contributed by atoms with van der Waals surface area (Å²) in [6.45, 7) is 2.09. The molecule has 2 rings (SSSR count). The zero-order valence-electron chi connectivity index (χ0n) is 11.5. The fourth-order valence-electron chi connectivity index (χ4n) is 2.22. The molecule has 106 valence electrons. The molecule has 1 atom stereocenters. The Morgan fingerprint density at radius 1 is 1.45 bits per heavy atom. The second-order valence-corrected chi connectivity index (χ2v) is 4.96. The number of hydrogen-bond acceptors (Lipinski definition) is 4. The minimum atomic E-state index is -0.679. The van der Waals surface area contributed by atoms with Gasteiger partial charge in [-0.25, -0.2) is 4.98 Å². The average molecular weight is 272 g/mol. The molecule has 1 saturated heterocycles. The van der Waals surface area contributed by atoms with E-state index >= 15 is 0 Å². The lowest BCUT2D eigenvalue weighted by Gasteiger charge is -2.27. The average Bonchev–Trinajstić information content (AvgIpc) is 2.49. The maximum Gasteiger partial charge on any atom is 0.242 e. The van der Waals surface area contributed by atoms with Crippen molar-refractivity contribution in [2.24, 2.45) is 5.73 Å². The van der Waals surface area contributed by atoms with E-state index in [-0.39, 0.29) is 12.3 Å². The van der Waals surface area contributed by atoms with Crippen LogP contribution in [0.25, 0.3) is 0 Å². The molecule has 1 aromatic rings. The summed E-state index contributed by atoms with van der Waals surface area (Å²) >= 11 is 0. The second-order valence-electron chi connectivity index (χ2n) is 4.96. The number of hydrogen-bond donors (Lipinski definition) is 2. The summed E-state index contributed by atoms with van der Waals surface area (Å²) in [6, 6.07) is 3.09. The van der Waals surface area contributed by atoms with Crippen LogP contribution in [0.2, 0.25) is 0 Å². The number of nitrogens with zero attached hydrogens (tertiary/aromatic N) is 2. The van der Waals surface area contributed by atoms with Crippen LogP contribution in [-0.2, 0) is 4.79 Å². The van der Waals surface area contributed by atoms with Crippen LogP contribution in [0.4, 0.5) is 11.5 Å². The summed E-state index contributed by atoms with van der Waals surface area (Å²) in [5, 5.41) is 2.72. The molecule has 1 aromatic heterocycles. The van der Waals surface area contributed by atoms with Crippen molar-refractivity contribution in [1.82, 2.24) is 4.98 Å². The lowest BCUT2D eigenvalue weighted by Crippen LogP contribution is -2.35. The van der Waals surface area contributed by atoms with Crippen molar-refractivity contribution in [2.75, 3.05) is 23.3 Å². The van der Waals surface area contributed by atoms with Crippen molar-refractivity contribution in [3.63, 3.8) is 0 Å². The van der Waals surface area contributed by atoms with Crippen molar-refractivity contribution in [3.05, 3.63) is 18.3 Å². The highest BCUT2D eigenvalue weighted by Gasteiger charge is 2.14. The molecule has 1 aliphatic rings. The van der Waals surface area contributed by atoms with Crippen molar-refractivity contribution < 1.29 is 4.79 Å². The van der Waals surface area contributed by atoms with Gasteiger partial charge in [0.25, 0.3) is 0 Å². The van der Waals surface area contributed by atoms with Gasteiger partial charge in [0.05, 0.1) is 17.9 Å². The molecule has 1 unspecified atom stereocenters. The van der Waals surface area contributed by atoms with Crippen molar-refractivity contribution in [2.45, 2.75) is 31.7 Å². The third-order valence-electron chi connectivity index (χ3n) is 3.37. The third-order valence-corrected chi connectivity index (χ3v) is 3.37. The zero-order chi connectivity index (χ0) is 14.4. The molecule has 0 radical (unpaired) electrons. The molecule has 1 fully saturated rings. The van der Waals surface area contributed by atoms with E-state index < -0.39 is 6.04 Å². The van der Waals surface area contributed by atoms with Gasteiger partial charge in [-0.05, 0) is 31.4 Å². The molecule has 1 amide bonds. The van der Waals surface area contributed by atoms with Gasteiger partial charge in [-0.15, -0.1) is 12.3 Å². The van der Waals surface area contributed by atoms with Crippen LogP contribution in [-0.4, -0.2) is 30.0 Å². The molecular formula is C15H20N4O. The highest BCUT2D eigenvalue weighted by molar-refractivity contribution is 5.94. The minimum Gasteiger partial charge on any atom is -0.357 e. The predicted molar refractivity (Wildman–Crippen MR) is 80.4 cm³/mol. The minimum absolute atomic E-state index is 0.227. The fraction of sp³-hybridized carbons (Fsp3) is 0.467. The number of carbonyl (C=O) groups is 1. The molecule has 0 aromatic carbocycles. The van der Waals surface area contributed by atoms with Crippen molar-refractivity contribution in [1.29, 1.82) is 0 Å². The molecule has 0 aliphatic carbocycles. The monoisotopic (exact) mass is 272 g/mol. The van der Waals surface area contributed by atoms with Crippen molar-refractivity contribution in [3.8, 4) is 12.3 Å². The van der Waals surface area contributed by atoms with Crippen LogP contribution in [0.15, 0.2) is 18.3 Å². The van der Waals surface area contributed by atoms with Crippen LogP contribution in [0.5, 0.6) is 0 Å². The molecule has 0 spiro atoms. The van der Waals surface area contributed by atoms with E-state index in [0.717, 1.165) is 18.9 Å². The quantitative estimate of drug-likeness (QED) is 0.812. The molecule has 5 heteroatoms. The Hall–Kier alpha value is -2.06. The Labute approximate surface area is 119 Å². The van der Waals surface area contributed by atoms with E-state index in [0.29, 0.717) is 5.69 Å². The number of aromatic nitrogens is 1. The molecule has 3 N–H and O–H groups in total. The highest BCUT2D eigenvalue weighted by atomic mass is 16.2. The maximum absolute atomic E-state index is 11.7. The molecule has 2 heterocycles. The number of amides is 1. The second kappa shape index (κ2) is 6.92. The SMILES string of the molecule is C#CCC(N)C(=O)Nc1ccc(N2CCCCC2)nc1. The molecule has 1 aliphatic heterocycles. The first-order chi connectivity index (χ1) is 9.70. The first-order valence-electron chi connectivity index (χ1n) is 6.91. The van der Waals surface area contributed by atoms with Crippen LogP contribution < -0.4 is 16.0 Å². The molecular weight excluding hydrogens is 252 g/mol. The Balaban J connectivity index is 1.94. The number of terminal acetylenes is 1. The van der Waals surface area contributed by atoms with E-state index in [2.05, 4.69) is 21.1 Å². The summed E-state index contributed by atoms with van der Waals surface area (Å²) in [7, 11) is 0. The van der Waals surface area contributed by atoms with E-state index in [4.69, 9.17) is 12.2 Å². The van der Waals surface area contributed by atoms with Crippen molar-refractivity contribution >= 4 is 17.4 Å². The standard InChI is InChI=1S/C15H20N4O/c1-2-6-13(16)15(20)18-12-7-8-14(17-11-12)19-9-4-3-5-10-19/h1,7-8,11,13H,3-6,9-10,16H2,(H,18,20). The van der Waals surface area contributed by atoms with Crippen LogP contribution in [0.3, 0.4) is 0 Å². The van der Waals surface area contributed by atoms with E-state index in [1.807, 2.05) is 12.1 Å². The van der Waals surface area contributed by atoms with E-state index in [9.17, 15) is 4.79 Å². The first kappa shape index (κ1) is 14.4. The summed E-state index contributed by atoms with van der Waals surface area (Å²) < 4.78 is 0. The first-order valence-corrected chi connectivity index (χ1v) is 6.91. The molecule has 0 bridgehead atoms. The van der Waals surface area contributed by atoms with E-state index in [1.54, 1.807) is 6.20 Å². The van der Waals surface area contributed by atoms with Crippen LogP contribution in [0, 0.1) is 12.3 Å². The number of anilines is 2. The normalized spacial score (nSPS) is 16.3. The molecule has 5 nitrogen and oxygen atoms in total. The predicted octanol–water partition coefficient (Wildman–Crippen LogP) is 1.36. The van der Waals surface area contributed by atoms with Gasteiger partial charge in [0.15, 0.2) is 0 Å². The molecule has 0 saturated carbocycles. The summed E-state index contributed by atoms with van der Waals surface area (Å²) in [4.78, 5) is 18.4. The van der Waals surface area contributed by atoms with Gasteiger partial charge in [0.2, 0.25) is 5.91 Å². The Morgan fingerprint density at radius 2 is 2.20 bits per heavy atom. The van der Waals surface area contributed by atoms with Gasteiger partial charge in [0.1, 0.15) is 5.82 Å². The number of carbonyl (C=O) groups excluding carboxylic acids is 1. The largest absolute Gasteiger partial charge is 0.357 e. The number of pyridine rings is 1.